The third-order valence-electron chi connectivity index (χ3n) is 6.46. The summed E-state index contributed by atoms with van der Waals surface area (Å²) < 4.78 is 60.9. The van der Waals surface area contributed by atoms with Crippen molar-refractivity contribution in [2.45, 2.75) is 58.1 Å². The minimum Gasteiger partial charge on any atom is -0.489 e. The van der Waals surface area contributed by atoms with Crippen molar-refractivity contribution in [2.24, 2.45) is 0 Å². The average molecular weight is 512 g/mol. The molecule has 12 heteroatoms. The second-order valence-electron chi connectivity index (χ2n) is 8.87. The Balaban J connectivity index is 1.39. The number of aromatic nitrogens is 3. The Morgan fingerprint density at radius 1 is 1.26 bits per heavy atom. The lowest BCUT2D eigenvalue weighted by atomic mass is 10.0. The molecule has 2 aromatic heterocycles. The number of nitrogens with one attached hydrogen (secondary N) is 1. The van der Waals surface area contributed by atoms with Crippen LogP contribution in [0.25, 0.3) is 5.65 Å². The van der Waals surface area contributed by atoms with Crippen molar-refractivity contribution in [2.75, 3.05) is 6.54 Å². The molecule has 2 atom stereocenters. The fraction of sp³-hybridized carbons (Fsp3) is 0.435. The number of amides is 1. The maximum Gasteiger partial charge on any atom is 0.403 e. The van der Waals surface area contributed by atoms with E-state index in [1.54, 1.807) is 11.4 Å². The Labute approximate surface area is 203 Å². The Hall–Kier alpha value is -2.92. The summed E-state index contributed by atoms with van der Waals surface area (Å²) in [5, 5.41) is 7.50. The Morgan fingerprint density at radius 3 is 2.77 bits per heavy atom. The van der Waals surface area contributed by atoms with Gasteiger partial charge in [-0.25, -0.2) is 13.9 Å². The molecule has 1 fully saturated rings. The number of nitrogens with zero attached hydrogens (tertiary/aromatic N) is 4. The van der Waals surface area contributed by atoms with Gasteiger partial charge in [0, 0.05) is 18.1 Å². The van der Waals surface area contributed by atoms with E-state index in [9.17, 15) is 22.4 Å². The van der Waals surface area contributed by atoms with Crippen molar-refractivity contribution in [1.29, 1.82) is 0 Å². The lowest BCUT2D eigenvalue weighted by Gasteiger charge is -2.32. The second kappa shape index (κ2) is 8.63. The molecule has 0 radical (unpaired) electrons. The zero-order valence-electron chi connectivity index (χ0n) is 18.9. The fourth-order valence-corrected chi connectivity index (χ4v) is 4.74. The van der Waals surface area contributed by atoms with Crippen LogP contribution >= 0.6 is 11.6 Å². The van der Waals surface area contributed by atoms with Crippen LogP contribution in [-0.4, -0.2) is 50.3 Å². The molecule has 35 heavy (non-hydrogen) atoms. The molecule has 7 nitrogen and oxygen atoms in total. The molecule has 4 heterocycles. The number of ether oxygens (including phenoxy) is 1. The molecular formula is C23H22ClF4N5O2. The van der Waals surface area contributed by atoms with Crippen LogP contribution in [0.1, 0.15) is 45.8 Å². The molecule has 1 aromatic carbocycles. The average Bonchev–Trinajstić information content (AvgIpc) is 3.36. The summed E-state index contributed by atoms with van der Waals surface area (Å²) in [7, 11) is 0. The number of benzene rings is 1. The van der Waals surface area contributed by atoms with Crippen molar-refractivity contribution in [3.8, 4) is 5.75 Å². The van der Waals surface area contributed by atoms with Gasteiger partial charge < -0.3 is 15.0 Å². The minimum atomic E-state index is -4.42. The van der Waals surface area contributed by atoms with Crippen LogP contribution in [0.5, 0.6) is 5.75 Å². The van der Waals surface area contributed by atoms with Gasteiger partial charge in [-0.05, 0) is 38.9 Å². The van der Waals surface area contributed by atoms with Gasteiger partial charge in [0.15, 0.2) is 5.65 Å². The lowest BCUT2D eigenvalue weighted by Crippen LogP contribution is -2.50. The number of alkyl halides is 3. The number of carbonyl (C=O) groups excluding carboxylic acids is 1. The van der Waals surface area contributed by atoms with E-state index in [1.165, 1.54) is 11.0 Å². The number of fused-ring (bicyclic) bond motifs is 3. The molecule has 0 bridgehead atoms. The molecular weight excluding hydrogens is 490 g/mol. The zero-order chi connectivity index (χ0) is 25.1. The summed E-state index contributed by atoms with van der Waals surface area (Å²) >= 11 is 6.28. The number of aryl methyl sites for hydroxylation is 2. The maximum absolute atomic E-state index is 14.0. The number of hydrogen-bond donors (Lipinski definition) is 1. The third kappa shape index (κ3) is 4.31. The summed E-state index contributed by atoms with van der Waals surface area (Å²) in [6.07, 6.45) is -5.25. The van der Waals surface area contributed by atoms with E-state index in [4.69, 9.17) is 16.3 Å². The van der Waals surface area contributed by atoms with E-state index in [1.807, 2.05) is 6.92 Å². The molecule has 0 aliphatic carbocycles. The van der Waals surface area contributed by atoms with Gasteiger partial charge in [0.25, 0.3) is 5.91 Å². The number of carbonyl (C=O) groups is 1. The van der Waals surface area contributed by atoms with Crippen molar-refractivity contribution in [3.63, 3.8) is 0 Å². The molecule has 2 aliphatic rings. The first-order valence-corrected chi connectivity index (χ1v) is 11.5. The van der Waals surface area contributed by atoms with E-state index < -0.39 is 30.0 Å². The van der Waals surface area contributed by atoms with Gasteiger partial charge in [0.05, 0.1) is 40.8 Å². The SMILES string of the molecule is Cc1nc2c3c(nn2c(C)c1Cl)CN(C(=O)c1ccc(F)cc1O[C@@H]1CCN[C@@H](C(F)(F)F)C1)C3. The third-order valence-corrected chi connectivity index (χ3v) is 7.01. The van der Waals surface area contributed by atoms with Crippen LogP contribution in [0.15, 0.2) is 18.2 Å². The predicted molar refractivity (Wildman–Crippen MR) is 119 cm³/mol. The Bertz CT molecular complexity index is 1330. The van der Waals surface area contributed by atoms with Crippen LogP contribution in [0, 0.1) is 19.7 Å². The zero-order valence-corrected chi connectivity index (χ0v) is 19.7. The van der Waals surface area contributed by atoms with Gasteiger partial charge in [-0.1, -0.05) is 11.6 Å². The predicted octanol–water partition coefficient (Wildman–Crippen LogP) is 4.36. The minimum absolute atomic E-state index is 0.0711. The fourth-order valence-electron chi connectivity index (χ4n) is 4.62. The first-order valence-electron chi connectivity index (χ1n) is 11.1. The van der Waals surface area contributed by atoms with Crippen LogP contribution in [0.2, 0.25) is 5.02 Å². The highest BCUT2D eigenvalue weighted by Crippen LogP contribution is 2.33. The number of halogens is 5. The number of hydrogen-bond acceptors (Lipinski definition) is 5. The van der Waals surface area contributed by atoms with E-state index in [0.717, 1.165) is 23.4 Å². The Kier molecular flexibility index (Phi) is 5.87. The van der Waals surface area contributed by atoms with Crippen molar-refractivity contribution < 1.29 is 27.1 Å². The highest BCUT2D eigenvalue weighted by molar-refractivity contribution is 6.31. The van der Waals surface area contributed by atoms with E-state index in [0.29, 0.717) is 28.5 Å². The summed E-state index contributed by atoms with van der Waals surface area (Å²) in [5.41, 5.74) is 3.55. The Morgan fingerprint density at radius 2 is 2.03 bits per heavy atom. The monoisotopic (exact) mass is 511 g/mol. The normalized spacial score (nSPS) is 20.4. The summed E-state index contributed by atoms with van der Waals surface area (Å²) in [4.78, 5) is 19.4. The van der Waals surface area contributed by atoms with E-state index >= 15 is 0 Å². The standard InChI is InChI=1S/C23H22ClF4N5O2/c1-11-20(24)12(2)33-21(30-11)16-9-32(10-17(16)31-33)22(34)15-4-3-13(25)7-18(15)35-14-5-6-29-19(8-14)23(26,27)28/h3-4,7,14,19,29H,5-6,8-10H2,1-2H3/t14-,19-/m1/s1. The van der Waals surface area contributed by atoms with Crippen molar-refractivity contribution >= 4 is 23.2 Å². The molecule has 1 saturated heterocycles. The molecule has 1 N–H and O–H groups in total. The molecule has 3 aromatic rings. The van der Waals surface area contributed by atoms with Gasteiger partial charge >= 0.3 is 6.18 Å². The van der Waals surface area contributed by atoms with Crippen LogP contribution in [0.3, 0.4) is 0 Å². The smallest absolute Gasteiger partial charge is 0.403 e. The molecule has 186 valence electrons. The maximum atomic E-state index is 14.0. The number of rotatable bonds is 3. The van der Waals surface area contributed by atoms with Gasteiger partial charge in [0.1, 0.15) is 23.7 Å². The van der Waals surface area contributed by atoms with E-state index in [2.05, 4.69) is 15.4 Å². The first kappa shape index (κ1) is 23.8. The first-order chi connectivity index (χ1) is 16.5. The quantitative estimate of drug-likeness (QED) is 0.529. The topological polar surface area (TPSA) is 71.8 Å². The van der Waals surface area contributed by atoms with Gasteiger partial charge in [-0.2, -0.15) is 18.3 Å². The highest BCUT2D eigenvalue weighted by atomic mass is 35.5. The van der Waals surface area contributed by atoms with E-state index in [-0.39, 0.29) is 37.4 Å². The molecule has 0 spiro atoms. The summed E-state index contributed by atoms with van der Waals surface area (Å²) in [6.45, 7) is 4.16. The second-order valence-corrected chi connectivity index (χ2v) is 9.25. The van der Waals surface area contributed by atoms with Crippen LogP contribution in [0.4, 0.5) is 17.6 Å². The van der Waals surface area contributed by atoms with Gasteiger partial charge in [-0.15, -0.1) is 0 Å². The molecule has 1 amide bonds. The van der Waals surface area contributed by atoms with Gasteiger partial charge in [0.2, 0.25) is 0 Å². The molecule has 0 saturated carbocycles. The van der Waals surface area contributed by atoms with Crippen molar-refractivity contribution in [1.82, 2.24) is 24.8 Å². The lowest BCUT2D eigenvalue weighted by molar-refractivity contribution is -0.166. The number of piperidine rings is 1. The molecule has 5 rings (SSSR count). The van der Waals surface area contributed by atoms with Gasteiger partial charge in [-0.3, -0.25) is 4.79 Å². The van der Waals surface area contributed by atoms with Crippen LogP contribution < -0.4 is 10.1 Å². The molecule has 2 aliphatic heterocycles. The molecule has 0 unspecified atom stereocenters. The van der Waals surface area contributed by atoms with Crippen molar-refractivity contribution in [3.05, 3.63) is 57.2 Å². The summed E-state index contributed by atoms with van der Waals surface area (Å²) in [6, 6.07) is 1.75. The largest absolute Gasteiger partial charge is 0.489 e. The highest BCUT2D eigenvalue weighted by Gasteiger charge is 2.43. The summed E-state index contributed by atoms with van der Waals surface area (Å²) in [5.74, 6) is -1.15. The van der Waals surface area contributed by atoms with Crippen LogP contribution in [-0.2, 0) is 13.1 Å².